The van der Waals surface area contributed by atoms with Gasteiger partial charge in [-0.05, 0) is 18.2 Å². The zero-order chi connectivity index (χ0) is 13.1. The van der Waals surface area contributed by atoms with Crippen LogP contribution in [0.1, 0.15) is 0 Å². The van der Waals surface area contributed by atoms with Crippen molar-refractivity contribution in [3.63, 3.8) is 0 Å². The molecule has 0 saturated carbocycles. The summed E-state index contributed by atoms with van der Waals surface area (Å²) in [5, 5.41) is 0. The van der Waals surface area contributed by atoms with Crippen LogP contribution in [-0.2, 0) is 9.53 Å². The maximum absolute atomic E-state index is 11.7. The lowest BCUT2D eigenvalue weighted by molar-refractivity contribution is -0.134. The molecule has 0 aliphatic heterocycles. The Balaban J connectivity index is 4.89. The van der Waals surface area contributed by atoms with Crippen molar-refractivity contribution in [2.75, 3.05) is 0 Å². The Hall–Kier alpha value is -2.35. The van der Waals surface area contributed by atoms with Crippen LogP contribution < -0.4 is 0 Å². The Kier molecular flexibility index (Phi) is 7.69. The molecule has 17 heavy (non-hydrogen) atoms. The van der Waals surface area contributed by atoms with E-state index in [1.54, 1.807) is 24.3 Å². The van der Waals surface area contributed by atoms with E-state index in [-0.39, 0.29) is 0 Å². The summed E-state index contributed by atoms with van der Waals surface area (Å²) < 4.78 is 5.13. The number of ether oxygens (including phenoxy) is 1. The summed E-state index contributed by atoms with van der Waals surface area (Å²) in [6.45, 7) is 14.1. The number of allylic oxidation sites excluding steroid dienone is 7. The molecule has 0 rings (SSSR count). The van der Waals surface area contributed by atoms with Gasteiger partial charge in [-0.15, -0.1) is 0 Å². The zero-order valence-corrected chi connectivity index (χ0v) is 9.76. The van der Waals surface area contributed by atoms with Crippen LogP contribution in [0.5, 0.6) is 0 Å². The molecule has 0 atom stereocenters. The second-order valence-corrected chi connectivity index (χ2v) is 2.85. The molecule has 0 unspecified atom stereocenters. The molecule has 0 aliphatic rings. The van der Waals surface area contributed by atoms with Crippen molar-refractivity contribution in [2.24, 2.45) is 0 Å². The quantitative estimate of drug-likeness (QED) is 0.288. The second kappa shape index (κ2) is 8.92. The SMILES string of the molecule is C=C/C=C\C(=C/C=C)OC(=O)/C(C=C)=C/C=C. The molecule has 0 fully saturated rings. The molecule has 2 heteroatoms. The number of hydrogen-bond donors (Lipinski definition) is 0. The van der Waals surface area contributed by atoms with Gasteiger partial charge in [-0.3, -0.25) is 0 Å². The first-order valence-corrected chi connectivity index (χ1v) is 4.98. The highest BCUT2D eigenvalue weighted by Crippen LogP contribution is 2.07. The van der Waals surface area contributed by atoms with Gasteiger partial charge >= 0.3 is 5.97 Å². The van der Waals surface area contributed by atoms with Crippen molar-refractivity contribution in [1.29, 1.82) is 0 Å². The maximum atomic E-state index is 11.7. The Bertz CT molecular complexity index is 407. The molecule has 0 aromatic carbocycles. The van der Waals surface area contributed by atoms with E-state index >= 15 is 0 Å². The number of hydrogen-bond acceptors (Lipinski definition) is 2. The lowest BCUT2D eigenvalue weighted by atomic mass is 10.2. The lowest BCUT2D eigenvalue weighted by Gasteiger charge is -2.04. The Morgan fingerprint density at radius 2 is 1.59 bits per heavy atom. The fraction of sp³-hybridized carbons (Fsp3) is 0. The van der Waals surface area contributed by atoms with E-state index in [2.05, 4.69) is 26.3 Å². The minimum atomic E-state index is -0.498. The van der Waals surface area contributed by atoms with E-state index in [4.69, 9.17) is 4.74 Å². The first-order valence-electron chi connectivity index (χ1n) is 4.98. The topological polar surface area (TPSA) is 26.3 Å². The smallest absolute Gasteiger partial charge is 0.343 e. The van der Waals surface area contributed by atoms with Gasteiger partial charge in [0.05, 0.1) is 5.57 Å². The van der Waals surface area contributed by atoms with Crippen molar-refractivity contribution in [3.8, 4) is 0 Å². The minimum Gasteiger partial charge on any atom is -0.423 e. The van der Waals surface area contributed by atoms with Gasteiger partial charge in [0.1, 0.15) is 5.76 Å². The summed E-state index contributed by atoms with van der Waals surface area (Å²) in [4.78, 5) is 11.7. The summed E-state index contributed by atoms with van der Waals surface area (Å²) >= 11 is 0. The van der Waals surface area contributed by atoms with E-state index < -0.39 is 5.97 Å². The van der Waals surface area contributed by atoms with Crippen LogP contribution in [0, 0.1) is 0 Å². The molecular formula is C15H16O2. The van der Waals surface area contributed by atoms with E-state index in [1.807, 2.05) is 0 Å². The Labute approximate surface area is 102 Å². The highest BCUT2D eigenvalue weighted by molar-refractivity contribution is 5.92. The van der Waals surface area contributed by atoms with Gasteiger partial charge in [0.25, 0.3) is 0 Å². The van der Waals surface area contributed by atoms with Crippen molar-refractivity contribution in [1.82, 2.24) is 0 Å². The van der Waals surface area contributed by atoms with Crippen LogP contribution in [0.25, 0.3) is 0 Å². The van der Waals surface area contributed by atoms with Crippen LogP contribution >= 0.6 is 0 Å². The van der Waals surface area contributed by atoms with Gasteiger partial charge in [0.15, 0.2) is 0 Å². The van der Waals surface area contributed by atoms with Crippen molar-refractivity contribution >= 4 is 5.97 Å². The van der Waals surface area contributed by atoms with Crippen LogP contribution in [0.3, 0.4) is 0 Å². The monoisotopic (exact) mass is 228 g/mol. The fourth-order valence-corrected chi connectivity index (χ4v) is 0.915. The van der Waals surface area contributed by atoms with Gasteiger partial charge in [-0.25, -0.2) is 4.79 Å². The van der Waals surface area contributed by atoms with E-state index in [9.17, 15) is 4.79 Å². The van der Waals surface area contributed by atoms with Crippen LogP contribution in [0.15, 0.2) is 86.3 Å². The first-order chi connectivity index (χ1) is 8.19. The summed E-state index contributed by atoms with van der Waals surface area (Å²) in [7, 11) is 0. The second-order valence-electron chi connectivity index (χ2n) is 2.85. The third-order valence-electron chi connectivity index (χ3n) is 1.64. The lowest BCUT2D eigenvalue weighted by Crippen LogP contribution is -2.05. The van der Waals surface area contributed by atoms with E-state index in [0.29, 0.717) is 11.3 Å². The molecule has 0 heterocycles. The molecule has 0 N–H and O–H groups in total. The van der Waals surface area contributed by atoms with Gasteiger partial charge < -0.3 is 4.74 Å². The molecule has 0 amide bonds. The average molecular weight is 228 g/mol. The zero-order valence-electron chi connectivity index (χ0n) is 9.76. The molecule has 2 nitrogen and oxygen atoms in total. The highest BCUT2D eigenvalue weighted by Gasteiger charge is 2.07. The Morgan fingerprint density at radius 3 is 2.06 bits per heavy atom. The van der Waals surface area contributed by atoms with Gasteiger partial charge in [0, 0.05) is 0 Å². The predicted octanol–water partition coefficient (Wildman–Crippen LogP) is 3.64. The molecular weight excluding hydrogens is 212 g/mol. The third-order valence-corrected chi connectivity index (χ3v) is 1.64. The number of carbonyl (C=O) groups excluding carboxylic acids is 1. The standard InChI is InChI=1S/C15H16O2/c1-5-9-12-14(11-7-3)17-15(16)13(8-4)10-6-2/h5-12H,1-4H2/b12-9-,13-10+,14-11+. The fourth-order valence-electron chi connectivity index (χ4n) is 0.915. The normalized spacial score (nSPS) is 12.0. The maximum Gasteiger partial charge on any atom is 0.343 e. The van der Waals surface area contributed by atoms with Gasteiger partial charge in [-0.2, -0.15) is 0 Å². The summed E-state index contributed by atoms with van der Waals surface area (Å²) in [6.07, 6.45) is 12.4. The van der Waals surface area contributed by atoms with Gasteiger partial charge in [-0.1, -0.05) is 56.7 Å². The minimum absolute atomic E-state index is 0.335. The molecule has 0 bridgehead atoms. The first kappa shape index (κ1) is 14.6. The molecule has 0 aromatic rings. The van der Waals surface area contributed by atoms with Gasteiger partial charge in [0.2, 0.25) is 0 Å². The summed E-state index contributed by atoms with van der Waals surface area (Å²) in [6, 6.07) is 0. The van der Waals surface area contributed by atoms with E-state index in [0.717, 1.165) is 0 Å². The van der Waals surface area contributed by atoms with Crippen molar-refractivity contribution in [3.05, 3.63) is 86.3 Å². The third kappa shape index (κ3) is 5.95. The largest absolute Gasteiger partial charge is 0.423 e. The predicted molar refractivity (Wildman–Crippen MR) is 72.2 cm³/mol. The number of rotatable bonds is 7. The highest BCUT2D eigenvalue weighted by atomic mass is 16.5. The number of esters is 1. The number of carbonyl (C=O) groups is 1. The molecule has 0 saturated heterocycles. The molecule has 0 spiro atoms. The summed E-state index contributed by atoms with van der Waals surface area (Å²) in [5.74, 6) is -0.122. The average Bonchev–Trinajstić information content (AvgIpc) is 2.33. The van der Waals surface area contributed by atoms with Crippen LogP contribution in [0.4, 0.5) is 0 Å². The van der Waals surface area contributed by atoms with Crippen LogP contribution in [-0.4, -0.2) is 5.97 Å². The molecule has 0 radical (unpaired) electrons. The van der Waals surface area contributed by atoms with Crippen molar-refractivity contribution < 1.29 is 9.53 Å². The molecule has 88 valence electrons. The summed E-state index contributed by atoms with van der Waals surface area (Å²) in [5.41, 5.74) is 0.335. The Morgan fingerprint density at radius 1 is 0.941 bits per heavy atom. The van der Waals surface area contributed by atoms with E-state index in [1.165, 1.54) is 24.3 Å². The van der Waals surface area contributed by atoms with Crippen LogP contribution in [0.2, 0.25) is 0 Å². The van der Waals surface area contributed by atoms with Crippen molar-refractivity contribution in [2.45, 2.75) is 0 Å². The molecule has 0 aliphatic carbocycles. The molecule has 0 aromatic heterocycles.